The average Bonchev–Trinajstić information content (AvgIpc) is 3.98. The molecule has 2 atom stereocenters. The van der Waals surface area contributed by atoms with Gasteiger partial charge < -0.3 is 20.9 Å². The van der Waals surface area contributed by atoms with Crippen molar-refractivity contribution in [3.63, 3.8) is 0 Å². The summed E-state index contributed by atoms with van der Waals surface area (Å²) in [5, 5.41) is 26.3. The number of aromatic nitrogens is 6. The van der Waals surface area contributed by atoms with Crippen molar-refractivity contribution in [2.75, 3.05) is 50.0 Å². The van der Waals surface area contributed by atoms with Crippen LogP contribution in [0.2, 0.25) is 25.7 Å². The maximum atomic E-state index is 13.4. The lowest BCUT2D eigenvalue weighted by atomic mass is 9.99. The van der Waals surface area contributed by atoms with Gasteiger partial charge in [-0.05, 0) is 182 Å². The Hall–Kier alpha value is -3.76. The van der Waals surface area contributed by atoms with Crippen LogP contribution in [0.1, 0.15) is 122 Å². The highest BCUT2D eigenvalue weighted by Crippen LogP contribution is 2.42. The van der Waals surface area contributed by atoms with Gasteiger partial charge in [0.2, 0.25) is 5.95 Å². The minimum absolute atomic E-state index is 0.00780. The third-order valence-corrected chi connectivity index (χ3v) is 21.1. The molecule has 17 nitrogen and oxygen atoms in total. The first kappa shape index (κ1) is 50.8. The number of aliphatic hydroxyl groups excluding tert-OH is 1. The molecule has 2 saturated heterocycles. The van der Waals surface area contributed by atoms with Crippen LogP contribution in [0.4, 0.5) is 23.3 Å². The molecule has 388 valence electrons. The third kappa shape index (κ3) is 11.8. The molecular weight excluding hydrogens is 955 g/mol. The van der Waals surface area contributed by atoms with Crippen LogP contribution in [0.25, 0.3) is 0 Å². The Morgan fingerprint density at radius 3 is 1.72 bits per heavy atom. The van der Waals surface area contributed by atoms with Crippen LogP contribution >= 0.6 is 0 Å². The number of nitrogens with zero attached hydrogens (tertiary/aromatic N) is 6. The summed E-state index contributed by atoms with van der Waals surface area (Å²) in [7, 11) is -8.68. The molecule has 0 amide bonds. The number of sulfonamides is 2. The molecule has 2 aromatic carbocycles. The molecule has 0 radical (unpaired) electrons. The van der Waals surface area contributed by atoms with Gasteiger partial charge in [-0.3, -0.25) is 0 Å². The number of rotatable bonds is 17. The monoisotopic (exact) mass is 1030 g/mol. The maximum absolute atomic E-state index is 13.4. The number of H-pyrrole nitrogens is 2. The zero-order valence-corrected chi connectivity index (χ0v) is 45.0. The van der Waals surface area contributed by atoms with Gasteiger partial charge >= 0.3 is 11.1 Å². The predicted molar refractivity (Wildman–Crippen MR) is 277 cm³/mol. The molecule has 2 saturated carbocycles. The molecule has 4 fully saturated rings. The van der Waals surface area contributed by atoms with Crippen molar-refractivity contribution in [2.45, 2.75) is 177 Å². The highest BCUT2D eigenvalue weighted by Gasteiger charge is 2.40. The Morgan fingerprint density at radius 1 is 0.704 bits per heavy atom. The van der Waals surface area contributed by atoms with Gasteiger partial charge in [-0.25, -0.2) is 32.3 Å². The van der Waals surface area contributed by atoms with E-state index in [0.29, 0.717) is 63.1 Å². The van der Waals surface area contributed by atoms with Crippen molar-refractivity contribution >= 4 is 51.4 Å². The molecule has 71 heavy (non-hydrogen) atoms. The first-order valence-electron chi connectivity index (χ1n) is 26.9. The van der Waals surface area contributed by atoms with Gasteiger partial charge in [0.1, 0.15) is 5.69 Å². The minimum Gasteiger partial charge on any atom is -0.396 e. The number of nitrogens with one attached hydrogen (secondary N) is 4. The summed E-state index contributed by atoms with van der Waals surface area (Å²) < 4.78 is 63.8. The summed E-state index contributed by atoms with van der Waals surface area (Å²) >= 11 is 0. The van der Waals surface area contributed by atoms with Crippen LogP contribution in [-0.4, -0.2) is 109 Å². The summed E-state index contributed by atoms with van der Waals surface area (Å²) in [4.78, 5) is 8.96. The summed E-state index contributed by atoms with van der Waals surface area (Å²) in [5.74, 6) is 2.17. The topological polar surface area (TPSA) is 228 Å². The van der Waals surface area contributed by atoms with E-state index in [4.69, 9.17) is 10.5 Å². The van der Waals surface area contributed by atoms with Gasteiger partial charge in [0.05, 0.1) is 0 Å². The van der Waals surface area contributed by atoms with E-state index in [1.54, 1.807) is 8.99 Å². The van der Waals surface area contributed by atoms with Crippen LogP contribution in [0.5, 0.6) is 0 Å². The highest BCUT2D eigenvalue weighted by atomic mass is 32.2. The molecule has 2 aliphatic heterocycles. The zero-order chi connectivity index (χ0) is 49.5. The number of ether oxygens (including phenoxy) is 1. The molecule has 0 spiro atoms. The number of fused-ring (bicyclic) bond motifs is 4. The predicted octanol–water partition coefficient (Wildman–Crippen LogP) is 6.57. The molecule has 7 N–H and O–H groups in total. The van der Waals surface area contributed by atoms with Crippen molar-refractivity contribution in [3.05, 3.63) is 56.6 Å². The van der Waals surface area contributed by atoms with Gasteiger partial charge in [-0.15, -0.1) is 9.78 Å². The van der Waals surface area contributed by atoms with Crippen molar-refractivity contribution < 1.29 is 31.4 Å². The lowest BCUT2D eigenvalue weighted by Gasteiger charge is -2.15. The van der Waals surface area contributed by atoms with E-state index in [1.165, 1.54) is 93.8 Å². The quantitative estimate of drug-likeness (QED) is 0.0375. The van der Waals surface area contributed by atoms with Gasteiger partial charge in [-0.1, -0.05) is 51.0 Å². The minimum atomic E-state index is -3.81. The summed E-state index contributed by atoms with van der Waals surface area (Å²) in [6.45, 7) is 9.65. The second kappa shape index (κ2) is 21.2. The Morgan fingerprint density at radius 2 is 1.21 bits per heavy atom. The second-order valence-corrected chi connectivity index (χ2v) is 32.2. The number of aryl methyl sites for hydroxylation is 4. The number of benzene rings is 2. The van der Waals surface area contributed by atoms with E-state index < -0.39 is 28.1 Å². The van der Waals surface area contributed by atoms with E-state index >= 15 is 0 Å². The van der Waals surface area contributed by atoms with Crippen LogP contribution in [0.15, 0.2) is 22.4 Å². The summed E-state index contributed by atoms with van der Waals surface area (Å²) in [5.41, 5.74) is 18.6. The largest absolute Gasteiger partial charge is 0.419 e. The molecule has 4 aromatic rings. The van der Waals surface area contributed by atoms with Crippen molar-refractivity contribution in [1.29, 1.82) is 0 Å². The number of anilines is 4. The van der Waals surface area contributed by atoms with E-state index in [2.05, 4.69) is 67.7 Å². The number of aliphatic hydroxyl groups is 1. The number of hydrogen-bond acceptors (Lipinski definition) is 12. The van der Waals surface area contributed by atoms with E-state index in [0.717, 1.165) is 100 Å². The smallest absolute Gasteiger partial charge is 0.396 e. The van der Waals surface area contributed by atoms with Crippen LogP contribution in [-0.2, 0) is 82.9 Å². The SMILES string of the molecule is C[Si](C)(C)CCOC[n+]1[nH]c(S(=O)(=O)N2CC[C@H](CO)C2)nc1Nc1c2c(cc3c1CCC3)CCC2.NC1CC1.O=S(=O)(c1nc(Nc2c3c(cc4c2CCC4)CCC3)n[nH]1)N1CC[C@H](CCC2CC2)C1. The zero-order valence-electron chi connectivity index (χ0n) is 42.3. The van der Waals surface area contributed by atoms with Crippen molar-refractivity contribution in [2.24, 2.45) is 23.5 Å². The Labute approximate surface area is 422 Å². The van der Waals surface area contributed by atoms with Gasteiger partial charge in [0.25, 0.3) is 25.2 Å². The first-order chi connectivity index (χ1) is 34.1. The van der Waals surface area contributed by atoms with Gasteiger partial charge in [-0.2, -0.15) is 13.6 Å². The normalized spacial score (nSPS) is 21.9. The maximum Gasteiger partial charge on any atom is 0.419 e. The molecule has 6 aliphatic carbocycles. The van der Waals surface area contributed by atoms with E-state index in [-0.39, 0.29) is 29.6 Å². The van der Waals surface area contributed by atoms with E-state index in [9.17, 15) is 21.9 Å². The molecule has 4 heterocycles. The highest BCUT2D eigenvalue weighted by molar-refractivity contribution is 7.89. The average molecular weight is 1030 g/mol. The van der Waals surface area contributed by atoms with E-state index in [1.807, 2.05) is 0 Å². The van der Waals surface area contributed by atoms with Gasteiger partial charge in [0, 0.05) is 59.2 Å². The summed E-state index contributed by atoms with van der Waals surface area (Å²) in [6.07, 6.45) is 22.5. The Kier molecular flexibility index (Phi) is 15.2. The summed E-state index contributed by atoms with van der Waals surface area (Å²) in [6, 6.07) is 6.39. The lowest BCUT2D eigenvalue weighted by Crippen LogP contribution is -2.41. The molecule has 0 bridgehead atoms. The van der Waals surface area contributed by atoms with Crippen molar-refractivity contribution in [3.8, 4) is 0 Å². The van der Waals surface area contributed by atoms with Crippen LogP contribution in [0.3, 0.4) is 0 Å². The number of hydrogen-bond donors (Lipinski definition) is 6. The fourth-order valence-corrected chi connectivity index (χ4v) is 14.9. The molecule has 20 heteroatoms. The number of nitrogens with two attached hydrogens (primary N) is 1. The molecular formula is C51H78N11O6S2Si+. The third-order valence-electron chi connectivity index (χ3n) is 16.0. The molecule has 8 aliphatic rings. The number of aromatic amines is 2. The fraction of sp³-hybridized carbons (Fsp3) is 0.686. The Balaban J connectivity index is 0.000000153. The molecule has 0 unspecified atom stereocenters. The lowest BCUT2D eigenvalue weighted by molar-refractivity contribution is -0.772. The standard InChI is InChI=1S/C25H39N5O4SSi.C23H31N5O2S.C3H7N/c1-36(2,3)13-12-34-17-30-24(27-25(28-30)35(32,33)29-11-10-18(15-29)16-31)26-23-21-8-4-6-19(21)14-20-7-5-9-22(20)23;29-31(30,28-12-11-16(14-28)10-9-15-7-8-15)23-25-22(26-27-23)24-21-19-5-1-3-17(19)13-18-4-2-6-20(18)21;4-3-1-2-3/h14,18,31H,4-13,15-17H2,1-3H3,(H,26,27,28);13,15-16H,1-12,14H2,(H2,24,25,26,27);3H,1-2,4H2/p+1/t18-;16-;/m00./s1. The van der Waals surface area contributed by atoms with Crippen LogP contribution in [0, 0.1) is 17.8 Å². The van der Waals surface area contributed by atoms with Crippen LogP contribution < -0.4 is 21.0 Å². The van der Waals surface area contributed by atoms with Gasteiger partial charge in [0.15, 0.2) is 6.73 Å². The fourth-order valence-electron chi connectivity index (χ4n) is 11.4. The Bertz CT molecular complexity index is 2720. The first-order valence-corrected chi connectivity index (χ1v) is 33.5. The van der Waals surface area contributed by atoms with Crippen molar-refractivity contribution in [1.82, 2.24) is 33.9 Å². The second-order valence-electron chi connectivity index (χ2n) is 22.9. The molecule has 2 aromatic heterocycles. The molecule has 12 rings (SSSR count).